The number of nitrogens with one attached hydrogen (secondary N) is 1. The molecule has 2 aromatic carbocycles. The van der Waals surface area contributed by atoms with E-state index in [1.54, 1.807) is 6.92 Å². The smallest absolute Gasteiger partial charge is 0.329 e. The molecule has 0 aliphatic rings. The lowest BCUT2D eigenvalue weighted by Gasteiger charge is -2.17. The quantitative estimate of drug-likeness (QED) is 0.354. The molecule has 0 saturated carbocycles. The summed E-state index contributed by atoms with van der Waals surface area (Å²) in [5, 5.41) is 3.28. The van der Waals surface area contributed by atoms with Crippen LogP contribution in [0.1, 0.15) is 51.3 Å². The van der Waals surface area contributed by atoms with Gasteiger partial charge in [-0.1, -0.05) is 55.0 Å². The van der Waals surface area contributed by atoms with Gasteiger partial charge in [0.2, 0.25) is 0 Å². The van der Waals surface area contributed by atoms with Crippen molar-refractivity contribution >= 4 is 39.1 Å². The van der Waals surface area contributed by atoms with Crippen molar-refractivity contribution in [2.45, 2.75) is 46.8 Å². The van der Waals surface area contributed by atoms with Crippen molar-refractivity contribution < 1.29 is 14.3 Å². The molecule has 180 valence electrons. The first kappa shape index (κ1) is 24.3. The SMILES string of the molecule is CC[C@H](C(=O)OCc1ccccc1)n1cnc2sc(C(=O)Nc3ccc(C)cc3C)c(C)c2c1=O. The minimum absolute atomic E-state index is 0.126. The number of ether oxygens (including phenoxy) is 1. The predicted octanol–water partition coefficient (Wildman–Crippen LogP) is 5.33. The highest BCUT2D eigenvalue weighted by Gasteiger charge is 2.25. The van der Waals surface area contributed by atoms with E-state index in [1.807, 2.05) is 69.3 Å². The summed E-state index contributed by atoms with van der Waals surface area (Å²) in [5.41, 5.74) is 3.83. The topological polar surface area (TPSA) is 90.3 Å². The largest absolute Gasteiger partial charge is 0.459 e. The molecule has 0 aliphatic carbocycles. The molecule has 1 amide bonds. The monoisotopic (exact) mass is 489 g/mol. The van der Waals surface area contributed by atoms with Gasteiger partial charge in [-0.3, -0.25) is 14.2 Å². The lowest BCUT2D eigenvalue weighted by Crippen LogP contribution is -2.31. The molecule has 35 heavy (non-hydrogen) atoms. The summed E-state index contributed by atoms with van der Waals surface area (Å²) in [4.78, 5) is 44.6. The standard InChI is InChI=1S/C27H27N3O4S/c1-5-21(27(33)34-14-19-9-7-6-8-10-19)30-15-28-25-22(26(30)32)18(4)23(35-25)24(31)29-20-12-11-16(2)13-17(20)3/h6-13,15,21H,5,14H2,1-4H3,(H,29,31)/t21-/m1/s1. The second-order valence-corrected chi connectivity index (χ2v) is 9.48. The Morgan fingerprint density at radius 1 is 1.11 bits per heavy atom. The Hall–Kier alpha value is -3.78. The number of thiophene rings is 1. The normalized spacial score (nSPS) is 11.9. The highest BCUT2D eigenvalue weighted by Crippen LogP contribution is 2.29. The predicted molar refractivity (Wildman–Crippen MR) is 138 cm³/mol. The van der Waals surface area contributed by atoms with Crippen LogP contribution in [0.2, 0.25) is 0 Å². The van der Waals surface area contributed by atoms with Crippen LogP contribution < -0.4 is 10.9 Å². The van der Waals surface area contributed by atoms with Crippen molar-refractivity contribution in [3.8, 4) is 0 Å². The van der Waals surface area contributed by atoms with Crippen LogP contribution >= 0.6 is 11.3 Å². The van der Waals surface area contributed by atoms with Crippen LogP contribution in [0.4, 0.5) is 5.69 Å². The number of nitrogens with zero attached hydrogens (tertiary/aromatic N) is 2. The van der Waals surface area contributed by atoms with Crippen molar-refractivity contribution in [3.05, 3.63) is 92.3 Å². The zero-order valence-corrected chi connectivity index (χ0v) is 20.9. The maximum Gasteiger partial charge on any atom is 0.329 e. The fourth-order valence-electron chi connectivity index (χ4n) is 4.01. The Morgan fingerprint density at radius 3 is 2.54 bits per heavy atom. The van der Waals surface area contributed by atoms with Gasteiger partial charge in [-0.2, -0.15) is 0 Å². The van der Waals surface area contributed by atoms with E-state index in [4.69, 9.17) is 4.74 Å². The summed E-state index contributed by atoms with van der Waals surface area (Å²) in [6.07, 6.45) is 1.73. The van der Waals surface area contributed by atoms with Crippen molar-refractivity contribution in [2.24, 2.45) is 0 Å². The molecule has 0 radical (unpaired) electrons. The van der Waals surface area contributed by atoms with Gasteiger partial charge in [-0.15, -0.1) is 11.3 Å². The molecule has 0 aliphatic heterocycles. The molecule has 0 bridgehead atoms. The van der Waals surface area contributed by atoms with E-state index in [9.17, 15) is 14.4 Å². The number of aromatic nitrogens is 2. The molecule has 1 N–H and O–H groups in total. The van der Waals surface area contributed by atoms with Crippen molar-refractivity contribution in [1.29, 1.82) is 0 Å². The molecule has 0 saturated heterocycles. The Bertz CT molecular complexity index is 1460. The van der Waals surface area contributed by atoms with Crippen LogP contribution in [-0.2, 0) is 16.1 Å². The Labute approximate surface area is 207 Å². The third-order valence-electron chi connectivity index (χ3n) is 5.93. The van der Waals surface area contributed by atoms with Gasteiger partial charge in [-0.05, 0) is 49.9 Å². The number of carbonyl (C=O) groups is 2. The fraction of sp³-hybridized carbons (Fsp3) is 0.259. The summed E-state index contributed by atoms with van der Waals surface area (Å²) in [5.74, 6) is -0.794. The van der Waals surface area contributed by atoms with Crippen molar-refractivity contribution in [3.63, 3.8) is 0 Å². The summed E-state index contributed by atoms with van der Waals surface area (Å²) < 4.78 is 6.78. The second-order valence-electron chi connectivity index (χ2n) is 8.48. The lowest BCUT2D eigenvalue weighted by molar-refractivity contribution is -0.149. The van der Waals surface area contributed by atoms with E-state index >= 15 is 0 Å². The molecule has 0 spiro atoms. The first-order chi connectivity index (χ1) is 16.8. The van der Waals surface area contributed by atoms with Crippen LogP contribution in [0.15, 0.2) is 59.7 Å². The minimum atomic E-state index is -0.810. The number of carbonyl (C=O) groups excluding carboxylic acids is 2. The minimum Gasteiger partial charge on any atom is -0.459 e. The Balaban J connectivity index is 1.61. The van der Waals surface area contributed by atoms with Crippen molar-refractivity contribution in [2.75, 3.05) is 5.32 Å². The molecule has 2 aromatic heterocycles. The second kappa shape index (κ2) is 10.2. The van der Waals surface area contributed by atoms with Crippen LogP contribution in [0.25, 0.3) is 10.2 Å². The Kier molecular flexibility index (Phi) is 7.12. The van der Waals surface area contributed by atoms with Gasteiger partial charge in [0, 0.05) is 5.69 Å². The first-order valence-electron chi connectivity index (χ1n) is 11.4. The average Bonchev–Trinajstić information content (AvgIpc) is 3.19. The molecule has 0 unspecified atom stereocenters. The van der Waals surface area contributed by atoms with E-state index in [1.165, 1.54) is 22.2 Å². The number of benzene rings is 2. The molecular formula is C27H27N3O4S. The zero-order valence-electron chi connectivity index (χ0n) is 20.1. The molecule has 0 fully saturated rings. The number of esters is 1. The van der Waals surface area contributed by atoms with Gasteiger partial charge in [0.25, 0.3) is 11.5 Å². The summed E-state index contributed by atoms with van der Waals surface area (Å²) in [7, 11) is 0. The van der Waals surface area contributed by atoms with Crippen LogP contribution in [0.3, 0.4) is 0 Å². The third kappa shape index (κ3) is 5.02. The number of aryl methyl sites for hydroxylation is 3. The van der Waals surface area contributed by atoms with E-state index < -0.39 is 12.0 Å². The lowest BCUT2D eigenvalue weighted by atomic mass is 10.1. The number of hydrogen-bond acceptors (Lipinski definition) is 6. The van der Waals surface area contributed by atoms with E-state index in [2.05, 4.69) is 10.3 Å². The molecule has 4 aromatic rings. The van der Waals surface area contributed by atoms with Gasteiger partial charge in [-0.25, -0.2) is 9.78 Å². The van der Waals surface area contributed by atoms with Crippen LogP contribution in [-0.4, -0.2) is 21.4 Å². The fourth-order valence-corrected chi connectivity index (χ4v) is 5.05. The number of rotatable bonds is 7. The molecule has 8 heteroatoms. The summed E-state index contributed by atoms with van der Waals surface area (Å²) >= 11 is 1.17. The van der Waals surface area contributed by atoms with Gasteiger partial charge in [0.15, 0.2) is 0 Å². The van der Waals surface area contributed by atoms with Crippen LogP contribution in [0, 0.1) is 20.8 Å². The van der Waals surface area contributed by atoms with Gasteiger partial charge in [0.1, 0.15) is 17.5 Å². The van der Waals surface area contributed by atoms with Gasteiger partial charge in [0.05, 0.1) is 16.6 Å². The first-order valence-corrected chi connectivity index (χ1v) is 12.2. The van der Waals surface area contributed by atoms with Gasteiger partial charge >= 0.3 is 5.97 Å². The maximum atomic E-state index is 13.4. The molecule has 7 nitrogen and oxygen atoms in total. The number of anilines is 1. The average molecular weight is 490 g/mol. The zero-order chi connectivity index (χ0) is 25.1. The number of fused-ring (bicyclic) bond motifs is 1. The van der Waals surface area contributed by atoms with Gasteiger partial charge < -0.3 is 10.1 Å². The Morgan fingerprint density at radius 2 is 1.86 bits per heavy atom. The van der Waals surface area contributed by atoms with E-state index in [0.717, 1.165) is 22.4 Å². The summed E-state index contributed by atoms with van der Waals surface area (Å²) in [6.45, 7) is 7.60. The molecular weight excluding hydrogens is 462 g/mol. The molecule has 1 atom stereocenters. The van der Waals surface area contributed by atoms with Crippen LogP contribution in [0.5, 0.6) is 0 Å². The van der Waals surface area contributed by atoms with E-state index in [0.29, 0.717) is 27.1 Å². The number of hydrogen-bond donors (Lipinski definition) is 1. The molecule has 2 heterocycles. The summed E-state index contributed by atoms with van der Waals surface area (Å²) in [6, 6.07) is 14.4. The van der Waals surface area contributed by atoms with E-state index in [-0.39, 0.29) is 18.1 Å². The third-order valence-corrected chi connectivity index (χ3v) is 7.13. The maximum absolute atomic E-state index is 13.4. The van der Waals surface area contributed by atoms with Crippen molar-refractivity contribution in [1.82, 2.24) is 9.55 Å². The highest BCUT2D eigenvalue weighted by atomic mass is 32.1. The highest BCUT2D eigenvalue weighted by molar-refractivity contribution is 7.20. The molecule has 4 rings (SSSR count). The number of amides is 1.